The van der Waals surface area contributed by atoms with E-state index in [1.807, 2.05) is 6.92 Å². The minimum Gasteiger partial charge on any atom is -0.357 e. The zero-order valence-corrected chi connectivity index (χ0v) is 14.1. The van der Waals surface area contributed by atoms with Crippen molar-refractivity contribution in [1.29, 1.82) is 0 Å². The maximum Gasteiger partial charge on any atom is 0.191 e. The molecule has 0 aliphatic carbocycles. The average molecular weight is 379 g/mol. The summed E-state index contributed by atoms with van der Waals surface area (Å²) in [6.07, 6.45) is 0.814. The van der Waals surface area contributed by atoms with E-state index in [2.05, 4.69) is 29.5 Å². The van der Waals surface area contributed by atoms with E-state index in [0.29, 0.717) is 12.6 Å². The molecular weight excluding hydrogens is 356 g/mol. The molecule has 0 aliphatic heterocycles. The minimum atomic E-state index is -0.197. The fraction of sp³-hybridized carbons (Fsp3) is 0.500. The van der Waals surface area contributed by atoms with Crippen molar-refractivity contribution in [2.24, 2.45) is 4.99 Å². The van der Waals surface area contributed by atoms with Crippen LogP contribution < -0.4 is 10.6 Å². The predicted molar refractivity (Wildman–Crippen MR) is 89.8 cm³/mol. The Kier molecular flexibility index (Phi) is 9.55. The van der Waals surface area contributed by atoms with Gasteiger partial charge < -0.3 is 10.6 Å². The van der Waals surface area contributed by atoms with E-state index in [1.165, 1.54) is 12.1 Å². The first-order valence-electron chi connectivity index (χ1n) is 6.41. The second-order valence-electron chi connectivity index (χ2n) is 4.44. The van der Waals surface area contributed by atoms with Gasteiger partial charge in [-0.2, -0.15) is 0 Å². The molecule has 0 saturated carbocycles. The molecule has 19 heavy (non-hydrogen) atoms. The normalized spacial score (nSPS) is 11.1. The van der Waals surface area contributed by atoms with Crippen LogP contribution in [0.3, 0.4) is 0 Å². The van der Waals surface area contributed by atoms with Gasteiger partial charge in [0.15, 0.2) is 5.96 Å². The second-order valence-corrected chi connectivity index (χ2v) is 4.44. The smallest absolute Gasteiger partial charge is 0.191 e. The lowest BCUT2D eigenvalue weighted by molar-refractivity contribution is 0.627. The Balaban J connectivity index is 0.00000324. The number of benzene rings is 1. The Morgan fingerprint density at radius 1 is 1.26 bits per heavy atom. The lowest BCUT2D eigenvalue weighted by Crippen LogP contribution is -2.41. The average Bonchev–Trinajstić information content (AvgIpc) is 2.31. The molecule has 5 heteroatoms. The van der Waals surface area contributed by atoms with Gasteiger partial charge >= 0.3 is 0 Å². The lowest BCUT2D eigenvalue weighted by Gasteiger charge is -2.13. The summed E-state index contributed by atoms with van der Waals surface area (Å²) in [5, 5.41) is 6.44. The second kappa shape index (κ2) is 10.00. The fourth-order valence-electron chi connectivity index (χ4n) is 1.54. The Morgan fingerprint density at radius 3 is 2.42 bits per heavy atom. The molecule has 0 aromatic heterocycles. The van der Waals surface area contributed by atoms with Gasteiger partial charge in [0.25, 0.3) is 0 Å². The molecule has 1 rings (SSSR count). The third-order valence-corrected chi connectivity index (χ3v) is 2.35. The third kappa shape index (κ3) is 8.02. The van der Waals surface area contributed by atoms with Crippen molar-refractivity contribution >= 4 is 29.9 Å². The molecule has 0 aliphatic rings. The SMILES string of the molecule is CCNC(=NCCc1ccc(F)cc1)NC(C)C.I. The molecule has 0 radical (unpaired) electrons. The van der Waals surface area contributed by atoms with Gasteiger partial charge in [0.2, 0.25) is 0 Å². The fourth-order valence-corrected chi connectivity index (χ4v) is 1.54. The maximum absolute atomic E-state index is 12.7. The molecule has 2 N–H and O–H groups in total. The molecule has 108 valence electrons. The van der Waals surface area contributed by atoms with Crippen molar-refractivity contribution in [1.82, 2.24) is 10.6 Å². The van der Waals surface area contributed by atoms with E-state index in [9.17, 15) is 4.39 Å². The van der Waals surface area contributed by atoms with Crippen LogP contribution in [0.25, 0.3) is 0 Å². The highest BCUT2D eigenvalue weighted by molar-refractivity contribution is 14.0. The molecule has 3 nitrogen and oxygen atoms in total. The molecule has 0 saturated heterocycles. The predicted octanol–water partition coefficient (Wildman–Crippen LogP) is 2.95. The van der Waals surface area contributed by atoms with Crippen molar-refractivity contribution < 1.29 is 4.39 Å². The molecular formula is C14H23FIN3. The largest absolute Gasteiger partial charge is 0.357 e. The van der Waals surface area contributed by atoms with E-state index in [1.54, 1.807) is 12.1 Å². The zero-order chi connectivity index (χ0) is 13.4. The summed E-state index contributed by atoms with van der Waals surface area (Å²) in [6, 6.07) is 6.92. The van der Waals surface area contributed by atoms with Crippen molar-refractivity contribution in [3.63, 3.8) is 0 Å². The number of nitrogens with zero attached hydrogens (tertiary/aromatic N) is 1. The first kappa shape index (κ1) is 18.1. The Hall–Kier alpha value is -0.850. The van der Waals surface area contributed by atoms with Gasteiger partial charge in [-0.15, -0.1) is 24.0 Å². The Morgan fingerprint density at radius 2 is 1.89 bits per heavy atom. The number of guanidine groups is 1. The van der Waals surface area contributed by atoms with Crippen LogP contribution in [0.15, 0.2) is 29.3 Å². The standard InChI is InChI=1S/C14H22FN3.HI/c1-4-16-14(18-11(2)3)17-10-9-12-5-7-13(15)8-6-12;/h5-8,11H,4,9-10H2,1-3H3,(H2,16,17,18);1H. The van der Waals surface area contributed by atoms with Crippen molar-refractivity contribution in [3.05, 3.63) is 35.6 Å². The molecule has 1 aromatic carbocycles. The van der Waals surface area contributed by atoms with Crippen molar-refractivity contribution in [2.75, 3.05) is 13.1 Å². The van der Waals surface area contributed by atoms with Crippen molar-refractivity contribution in [2.45, 2.75) is 33.2 Å². The highest BCUT2D eigenvalue weighted by atomic mass is 127. The summed E-state index contributed by atoms with van der Waals surface area (Å²) < 4.78 is 12.7. The van der Waals surface area contributed by atoms with E-state index < -0.39 is 0 Å². The molecule has 0 unspecified atom stereocenters. The Labute approximate surface area is 132 Å². The summed E-state index contributed by atoms with van der Waals surface area (Å²) in [5.74, 6) is 0.631. The van der Waals surface area contributed by atoms with Gasteiger partial charge in [0.05, 0.1) is 0 Å². The van der Waals surface area contributed by atoms with E-state index in [4.69, 9.17) is 0 Å². The third-order valence-electron chi connectivity index (χ3n) is 2.35. The molecule has 0 atom stereocenters. The van der Waals surface area contributed by atoms with Gasteiger partial charge in [-0.1, -0.05) is 12.1 Å². The number of nitrogens with one attached hydrogen (secondary N) is 2. The number of hydrogen-bond acceptors (Lipinski definition) is 1. The summed E-state index contributed by atoms with van der Waals surface area (Å²) in [6.45, 7) is 7.72. The van der Waals surface area contributed by atoms with Crippen LogP contribution in [0.2, 0.25) is 0 Å². The molecule has 0 heterocycles. The number of rotatable bonds is 5. The van der Waals surface area contributed by atoms with Gasteiger partial charge in [-0.3, -0.25) is 4.99 Å². The highest BCUT2D eigenvalue weighted by Gasteiger charge is 1.99. The highest BCUT2D eigenvalue weighted by Crippen LogP contribution is 2.03. The van der Waals surface area contributed by atoms with Gasteiger partial charge in [-0.05, 0) is 44.9 Å². The quantitative estimate of drug-likeness (QED) is 0.469. The first-order valence-corrected chi connectivity index (χ1v) is 6.41. The van der Waals surface area contributed by atoms with Crippen LogP contribution >= 0.6 is 24.0 Å². The van der Waals surface area contributed by atoms with Crippen LogP contribution in [0.4, 0.5) is 4.39 Å². The number of aliphatic imine (C=N–C) groups is 1. The summed E-state index contributed by atoms with van der Waals surface area (Å²) >= 11 is 0. The topological polar surface area (TPSA) is 36.4 Å². The van der Waals surface area contributed by atoms with E-state index in [-0.39, 0.29) is 29.8 Å². The van der Waals surface area contributed by atoms with E-state index in [0.717, 1.165) is 24.5 Å². The van der Waals surface area contributed by atoms with Crippen LogP contribution in [0.5, 0.6) is 0 Å². The minimum absolute atomic E-state index is 0. The summed E-state index contributed by atoms with van der Waals surface area (Å²) in [4.78, 5) is 4.47. The molecule has 1 aromatic rings. The first-order chi connectivity index (χ1) is 8.61. The van der Waals surface area contributed by atoms with Crippen molar-refractivity contribution in [3.8, 4) is 0 Å². The van der Waals surface area contributed by atoms with Crippen LogP contribution in [-0.4, -0.2) is 25.1 Å². The molecule has 0 spiro atoms. The number of halogens is 2. The molecule has 0 bridgehead atoms. The summed E-state index contributed by atoms with van der Waals surface area (Å²) in [7, 11) is 0. The van der Waals surface area contributed by atoms with Crippen LogP contribution in [0, 0.1) is 5.82 Å². The van der Waals surface area contributed by atoms with Crippen LogP contribution in [0.1, 0.15) is 26.3 Å². The zero-order valence-electron chi connectivity index (χ0n) is 11.7. The molecule has 0 amide bonds. The van der Waals surface area contributed by atoms with Gasteiger partial charge in [0.1, 0.15) is 5.82 Å². The molecule has 0 fully saturated rings. The van der Waals surface area contributed by atoms with Gasteiger partial charge in [-0.25, -0.2) is 4.39 Å². The van der Waals surface area contributed by atoms with E-state index >= 15 is 0 Å². The van der Waals surface area contributed by atoms with Gasteiger partial charge in [0, 0.05) is 19.1 Å². The Bertz CT molecular complexity index is 377. The summed E-state index contributed by atoms with van der Waals surface area (Å²) in [5.41, 5.74) is 1.10. The number of hydrogen-bond donors (Lipinski definition) is 2. The monoisotopic (exact) mass is 379 g/mol. The van der Waals surface area contributed by atoms with Crippen LogP contribution in [-0.2, 0) is 6.42 Å². The maximum atomic E-state index is 12.7. The lowest BCUT2D eigenvalue weighted by atomic mass is 10.1.